The summed E-state index contributed by atoms with van der Waals surface area (Å²) in [5.41, 5.74) is 6.36. The van der Waals surface area contributed by atoms with E-state index in [1.54, 1.807) is 7.11 Å². The first-order chi connectivity index (χ1) is 23.8. The van der Waals surface area contributed by atoms with Crippen molar-refractivity contribution in [3.05, 3.63) is 93.2 Å². The second-order valence-electron chi connectivity index (χ2n) is 13.0. The standard InChI is InChI=1S/C38H38Cl2FN5O3/c1-49-38-23(18-42-19-24-10-14-33(47)43-24)9-13-32(45-38)30-7-3-5-27(36(30)40)26-4-2-6-28(35(26)39)29-12-8-22-16-17-46(21-31(22)37(29)41)20-25-11-15-34(48)44-25/h2-9,12-13,24-25,42H,10-11,14-21H2,1H3,(H,43,47)(H,44,48). The third-order valence-corrected chi connectivity index (χ3v) is 10.6. The number of fused-ring (bicyclic) bond motifs is 1. The smallest absolute Gasteiger partial charge is 0.220 e. The summed E-state index contributed by atoms with van der Waals surface area (Å²) in [6.45, 7) is 3.22. The third kappa shape index (κ3) is 7.03. The molecule has 0 saturated carbocycles. The quantitative estimate of drug-likeness (QED) is 0.174. The van der Waals surface area contributed by atoms with Gasteiger partial charge >= 0.3 is 0 Å². The van der Waals surface area contributed by atoms with Crippen LogP contribution in [0.3, 0.4) is 0 Å². The van der Waals surface area contributed by atoms with E-state index in [4.69, 9.17) is 32.9 Å². The van der Waals surface area contributed by atoms with Gasteiger partial charge in [0.25, 0.3) is 0 Å². The normalized spacial score (nSPS) is 19.1. The van der Waals surface area contributed by atoms with Gasteiger partial charge in [0.2, 0.25) is 17.7 Å². The molecule has 0 spiro atoms. The molecule has 254 valence electrons. The van der Waals surface area contributed by atoms with Gasteiger partial charge in [-0.25, -0.2) is 9.37 Å². The maximum absolute atomic E-state index is 16.3. The SMILES string of the molecule is COc1nc(-c2cccc(-c3cccc(-c4ccc5c(c4F)CN(CC4CCC(=O)N4)CC5)c3Cl)c2Cl)ccc1CNCC1CCC(=O)N1. The number of hydrogen-bond donors (Lipinski definition) is 3. The Balaban J connectivity index is 1.13. The lowest BCUT2D eigenvalue weighted by Gasteiger charge is -2.31. The van der Waals surface area contributed by atoms with Gasteiger partial charge in [-0.1, -0.05) is 77.8 Å². The predicted octanol–water partition coefficient (Wildman–Crippen LogP) is 6.54. The Labute approximate surface area is 295 Å². The van der Waals surface area contributed by atoms with Crippen molar-refractivity contribution < 1.29 is 18.7 Å². The molecule has 4 heterocycles. The molecule has 1 aromatic heterocycles. The molecule has 8 nitrogen and oxygen atoms in total. The number of halogens is 3. The van der Waals surface area contributed by atoms with Crippen molar-refractivity contribution in [1.82, 2.24) is 25.8 Å². The minimum absolute atomic E-state index is 0.0850. The predicted molar refractivity (Wildman–Crippen MR) is 190 cm³/mol. The summed E-state index contributed by atoms with van der Waals surface area (Å²) in [5, 5.41) is 10.3. The molecule has 3 aromatic carbocycles. The molecule has 11 heteroatoms. The van der Waals surface area contributed by atoms with Crippen molar-refractivity contribution >= 4 is 35.0 Å². The summed E-state index contributed by atoms with van der Waals surface area (Å²) in [4.78, 5) is 30.2. The van der Waals surface area contributed by atoms with E-state index in [1.165, 1.54) is 0 Å². The Morgan fingerprint density at radius 3 is 2.18 bits per heavy atom. The second kappa shape index (κ2) is 14.5. The first-order valence-corrected chi connectivity index (χ1v) is 17.5. The van der Waals surface area contributed by atoms with Gasteiger partial charge in [-0.2, -0.15) is 0 Å². The van der Waals surface area contributed by atoms with E-state index >= 15 is 4.39 Å². The van der Waals surface area contributed by atoms with Gasteiger partial charge in [0, 0.05) is 96.6 Å². The molecule has 3 aliphatic rings. The van der Waals surface area contributed by atoms with Crippen LogP contribution in [0, 0.1) is 5.82 Å². The van der Waals surface area contributed by atoms with Gasteiger partial charge in [0.15, 0.2) is 0 Å². The fourth-order valence-electron chi connectivity index (χ4n) is 7.17. The van der Waals surface area contributed by atoms with Gasteiger partial charge in [0.1, 0.15) is 5.82 Å². The van der Waals surface area contributed by atoms with Crippen molar-refractivity contribution in [2.24, 2.45) is 0 Å². The Bertz CT molecular complexity index is 1920. The lowest BCUT2D eigenvalue weighted by atomic mass is 9.92. The van der Waals surface area contributed by atoms with Crippen LogP contribution in [0.15, 0.2) is 60.7 Å². The summed E-state index contributed by atoms with van der Waals surface area (Å²) in [5.74, 6) is 0.391. The van der Waals surface area contributed by atoms with Gasteiger partial charge in [-0.3, -0.25) is 14.5 Å². The highest BCUT2D eigenvalue weighted by atomic mass is 35.5. The van der Waals surface area contributed by atoms with Gasteiger partial charge < -0.3 is 20.7 Å². The molecule has 2 unspecified atom stereocenters. The maximum atomic E-state index is 16.3. The van der Waals surface area contributed by atoms with Crippen LogP contribution in [0.1, 0.15) is 42.4 Å². The summed E-state index contributed by atoms with van der Waals surface area (Å²) in [6.07, 6.45) is 3.50. The van der Waals surface area contributed by atoms with Crippen molar-refractivity contribution in [3.63, 3.8) is 0 Å². The summed E-state index contributed by atoms with van der Waals surface area (Å²) < 4.78 is 22.0. The molecule has 0 radical (unpaired) electrons. The van der Waals surface area contributed by atoms with Crippen LogP contribution < -0.4 is 20.7 Å². The molecular weight excluding hydrogens is 664 g/mol. The molecule has 2 fully saturated rings. The van der Waals surface area contributed by atoms with E-state index in [9.17, 15) is 9.59 Å². The number of carbonyl (C=O) groups is 2. The number of nitrogens with one attached hydrogen (secondary N) is 3. The topological polar surface area (TPSA) is 95.6 Å². The average Bonchev–Trinajstić information content (AvgIpc) is 3.72. The number of benzene rings is 3. The first kappa shape index (κ1) is 33.5. The van der Waals surface area contributed by atoms with Crippen molar-refractivity contribution in [2.45, 2.75) is 57.3 Å². The number of amides is 2. The van der Waals surface area contributed by atoms with Crippen LogP contribution >= 0.6 is 23.2 Å². The second-order valence-corrected chi connectivity index (χ2v) is 13.7. The van der Waals surface area contributed by atoms with Crippen LogP contribution in [0.5, 0.6) is 5.88 Å². The molecule has 3 aliphatic heterocycles. The van der Waals surface area contributed by atoms with Crippen LogP contribution in [0.4, 0.5) is 4.39 Å². The van der Waals surface area contributed by atoms with Gasteiger partial charge in [-0.15, -0.1) is 0 Å². The van der Waals surface area contributed by atoms with Crippen molar-refractivity contribution in [1.29, 1.82) is 0 Å². The highest BCUT2D eigenvalue weighted by molar-refractivity contribution is 6.39. The summed E-state index contributed by atoms with van der Waals surface area (Å²) in [6, 6.07) is 19.2. The highest BCUT2D eigenvalue weighted by Crippen LogP contribution is 2.43. The van der Waals surface area contributed by atoms with E-state index < -0.39 is 0 Å². The number of nitrogens with zero attached hydrogens (tertiary/aromatic N) is 2. The molecule has 0 aliphatic carbocycles. The lowest BCUT2D eigenvalue weighted by molar-refractivity contribution is -0.120. The summed E-state index contributed by atoms with van der Waals surface area (Å²) in [7, 11) is 1.59. The van der Waals surface area contributed by atoms with Crippen molar-refractivity contribution in [3.8, 4) is 39.4 Å². The highest BCUT2D eigenvalue weighted by Gasteiger charge is 2.28. The first-order valence-electron chi connectivity index (χ1n) is 16.7. The van der Waals surface area contributed by atoms with Gasteiger partial charge in [0.05, 0.1) is 22.8 Å². The fraction of sp³-hybridized carbons (Fsp3) is 0.342. The monoisotopic (exact) mass is 701 g/mol. The van der Waals surface area contributed by atoms with Crippen LogP contribution in [0.25, 0.3) is 33.5 Å². The van der Waals surface area contributed by atoms with E-state index in [0.717, 1.165) is 36.9 Å². The number of aromatic nitrogens is 1. The zero-order chi connectivity index (χ0) is 34.1. The van der Waals surface area contributed by atoms with Crippen LogP contribution in [-0.2, 0) is 29.1 Å². The molecule has 49 heavy (non-hydrogen) atoms. The Kier molecular flexibility index (Phi) is 9.87. The number of methoxy groups -OCH3 is 1. The molecule has 4 aromatic rings. The molecular formula is C38H38Cl2FN5O3. The molecule has 0 bridgehead atoms. The van der Waals surface area contributed by atoms with Crippen LogP contribution in [0.2, 0.25) is 10.0 Å². The minimum atomic E-state index is -0.268. The van der Waals surface area contributed by atoms with Crippen LogP contribution in [-0.4, -0.2) is 60.5 Å². The van der Waals surface area contributed by atoms with E-state index in [1.807, 2.05) is 60.7 Å². The fourth-order valence-corrected chi connectivity index (χ4v) is 7.82. The Hall–Kier alpha value is -4.02. The number of ether oxygens (including phenoxy) is 1. The van der Waals surface area contributed by atoms with E-state index in [0.29, 0.717) is 94.0 Å². The molecule has 2 amide bonds. The zero-order valence-electron chi connectivity index (χ0n) is 27.3. The summed E-state index contributed by atoms with van der Waals surface area (Å²) >= 11 is 14.2. The Morgan fingerprint density at radius 2 is 1.51 bits per heavy atom. The Morgan fingerprint density at radius 1 is 0.857 bits per heavy atom. The number of carbonyl (C=O) groups excluding carboxylic acids is 2. The maximum Gasteiger partial charge on any atom is 0.220 e. The number of pyridine rings is 1. The lowest BCUT2D eigenvalue weighted by Crippen LogP contribution is -2.41. The zero-order valence-corrected chi connectivity index (χ0v) is 28.8. The molecule has 2 saturated heterocycles. The molecule has 3 N–H and O–H groups in total. The van der Waals surface area contributed by atoms with E-state index in [2.05, 4.69) is 20.9 Å². The minimum Gasteiger partial charge on any atom is -0.481 e. The average molecular weight is 703 g/mol. The number of hydrogen-bond acceptors (Lipinski definition) is 6. The largest absolute Gasteiger partial charge is 0.481 e. The number of rotatable bonds is 10. The third-order valence-electron chi connectivity index (χ3n) is 9.76. The van der Waals surface area contributed by atoms with E-state index in [-0.39, 0.29) is 29.7 Å². The van der Waals surface area contributed by atoms with Gasteiger partial charge in [-0.05, 0) is 30.9 Å². The molecule has 7 rings (SSSR count). The van der Waals surface area contributed by atoms with Crippen molar-refractivity contribution in [2.75, 3.05) is 26.7 Å². The molecule has 2 atom stereocenters.